The number of carbonyl (C=O) groups is 1. The SMILES string of the molecule is CCC(Oc1cc(C(C)C)ccc1C)C(=O)NN. The van der Waals surface area contributed by atoms with Crippen LogP contribution in [0.3, 0.4) is 0 Å². The summed E-state index contributed by atoms with van der Waals surface area (Å²) in [4.78, 5) is 11.5. The first-order valence-corrected chi connectivity index (χ1v) is 6.27. The quantitative estimate of drug-likeness (QED) is 0.478. The van der Waals surface area contributed by atoms with Gasteiger partial charge in [-0.15, -0.1) is 0 Å². The van der Waals surface area contributed by atoms with E-state index in [1.165, 1.54) is 5.56 Å². The van der Waals surface area contributed by atoms with E-state index in [2.05, 4.69) is 25.3 Å². The largest absolute Gasteiger partial charge is 0.480 e. The van der Waals surface area contributed by atoms with Gasteiger partial charge in [-0.3, -0.25) is 10.2 Å². The van der Waals surface area contributed by atoms with E-state index in [1.54, 1.807) is 0 Å². The third-order valence-electron chi connectivity index (χ3n) is 2.95. The molecule has 0 aliphatic rings. The van der Waals surface area contributed by atoms with Crippen molar-refractivity contribution in [3.05, 3.63) is 29.3 Å². The zero-order chi connectivity index (χ0) is 13.7. The van der Waals surface area contributed by atoms with Crippen LogP contribution in [0.2, 0.25) is 0 Å². The highest BCUT2D eigenvalue weighted by Gasteiger charge is 2.18. The number of hydrogen-bond donors (Lipinski definition) is 2. The molecule has 0 aliphatic carbocycles. The molecule has 0 saturated carbocycles. The molecule has 1 aromatic rings. The number of aryl methyl sites for hydroxylation is 1. The highest BCUT2D eigenvalue weighted by molar-refractivity contribution is 5.80. The van der Waals surface area contributed by atoms with Gasteiger partial charge in [0.25, 0.3) is 5.91 Å². The van der Waals surface area contributed by atoms with E-state index in [1.807, 2.05) is 26.0 Å². The fourth-order valence-electron chi connectivity index (χ4n) is 1.67. The van der Waals surface area contributed by atoms with Gasteiger partial charge in [0.05, 0.1) is 0 Å². The van der Waals surface area contributed by atoms with Crippen LogP contribution in [0.5, 0.6) is 5.75 Å². The van der Waals surface area contributed by atoms with Gasteiger partial charge in [-0.05, 0) is 36.5 Å². The minimum Gasteiger partial charge on any atom is -0.480 e. The van der Waals surface area contributed by atoms with Gasteiger partial charge < -0.3 is 4.74 Å². The molecule has 1 aromatic carbocycles. The van der Waals surface area contributed by atoms with Crippen molar-refractivity contribution < 1.29 is 9.53 Å². The number of rotatable bonds is 5. The van der Waals surface area contributed by atoms with Gasteiger partial charge in [-0.2, -0.15) is 0 Å². The fraction of sp³-hybridized carbons (Fsp3) is 0.500. The van der Waals surface area contributed by atoms with E-state index in [0.717, 1.165) is 11.3 Å². The topological polar surface area (TPSA) is 64.3 Å². The predicted octanol–water partition coefficient (Wildman–Crippen LogP) is 2.27. The summed E-state index contributed by atoms with van der Waals surface area (Å²) in [5, 5.41) is 0. The molecular weight excluding hydrogens is 228 g/mol. The smallest absolute Gasteiger partial charge is 0.274 e. The standard InChI is InChI=1S/C14H22N2O2/c1-5-12(14(17)16-15)18-13-8-11(9(2)3)7-6-10(13)4/h6-9,12H,5,15H2,1-4H3,(H,16,17). The number of nitrogens with one attached hydrogen (secondary N) is 1. The number of ether oxygens (including phenoxy) is 1. The molecule has 0 saturated heterocycles. The van der Waals surface area contributed by atoms with Crippen LogP contribution in [0.15, 0.2) is 18.2 Å². The van der Waals surface area contributed by atoms with Crippen LogP contribution in [0.1, 0.15) is 44.2 Å². The Morgan fingerprint density at radius 3 is 2.61 bits per heavy atom. The molecule has 100 valence electrons. The third kappa shape index (κ3) is 3.47. The van der Waals surface area contributed by atoms with E-state index >= 15 is 0 Å². The number of hydrogen-bond acceptors (Lipinski definition) is 3. The van der Waals surface area contributed by atoms with Crippen LogP contribution >= 0.6 is 0 Å². The Kier molecular flexibility index (Phi) is 5.16. The average Bonchev–Trinajstić information content (AvgIpc) is 2.36. The maximum atomic E-state index is 11.5. The molecular formula is C14H22N2O2. The molecule has 0 aromatic heterocycles. The summed E-state index contributed by atoms with van der Waals surface area (Å²) in [6, 6.07) is 6.08. The van der Waals surface area contributed by atoms with E-state index in [0.29, 0.717) is 12.3 Å². The number of carbonyl (C=O) groups excluding carboxylic acids is 1. The number of amides is 1. The molecule has 0 bridgehead atoms. The molecule has 0 radical (unpaired) electrons. The first-order chi connectivity index (χ1) is 8.49. The van der Waals surface area contributed by atoms with Gasteiger partial charge >= 0.3 is 0 Å². The minimum atomic E-state index is -0.545. The van der Waals surface area contributed by atoms with E-state index < -0.39 is 6.10 Å². The lowest BCUT2D eigenvalue weighted by Gasteiger charge is -2.18. The molecule has 0 spiro atoms. The van der Waals surface area contributed by atoms with Crippen LogP contribution in [0.25, 0.3) is 0 Å². The van der Waals surface area contributed by atoms with Gasteiger partial charge in [0.2, 0.25) is 0 Å². The maximum absolute atomic E-state index is 11.5. The number of benzene rings is 1. The van der Waals surface area contributed by atoms with E-state index in [9.17, 15) is 4.79 Å². The maximum Gasteiger partial charge on any atom is 0.274 e. The van der Waals surface area contributed by atoms with Gasteiger partial charge in [-0.25, -0.2) is 5.84 Å². The van der Waals surface area contributed by atoms with Crippen LogP contribution < -0.4 is 16.0 Å². The molecule has 1 unspecified atom stereocenters. The molecule has 1 atom stereocenters. The zero-order valence-corrected chi connectivity index (χ0v) is 11.5. The second kappa shape index (κ2) is 6.40. The van der Waals surface area contributed by atoms with Gasteiger partial charge in [0, 0.05) is 0 Å². The first-order valence-electron chi connectivity index (χ1n) is 6.27. The third-order valence-corrected chi connectivity index (χ3v) is 2.95. The first kappa shape index (κ1) is 14.5. The van der Waals surface area contributed by atoms with E-state index in [4.69, 9.17) is 10.6 Å². The minimum absolute atomic E-state index is 0.299. The zero-order valence-electron chi connectivity index (χ0n) is 11.5. The molecule has 4 heteroatoms. The summed E-state index contributed by atoms with van der Waals surface area (Å²) in [7, 11) is 0. The van der Waals surface area contributed by atoms with Crippen molar-refractivity contribution in [3.63, 3.8) is 0 Å². The van der Waals surface area contributed by atoms with Crippen molar-refractivity contribution >= 4 is 5.91 Å². The number of hydrazine groups is 1. The molecule has 0 aliphatic heterocycles. The summed E-state index contributed by atoms with van der Waals surface area (Å²) < 4.78 is 5.75. The molecule has 1 rings (SSSR count). The normalized spacial score (nSPS) is 12.3. The van der Waals surface area contributed by atoms with Crippen molar-refractivity contribution in [1.82, 2.24) is 5.43 Å². The second-order valence-electron chi connectivity index (χ2n) is 4.70. The summed E-state index contributed by atoms with van der Waals surface area (Å²) in [5.74, 6) is 6.01. The predicted molar refractivity (Wildman–Crippen MR) is 72.3 cm³/mol. The highest BCUT2D eigenvalue weighted by atomic mass is 16.5. The van der Waals surface area contributed by atoms with Crippen LogP contribution in [-0.4, -0.2) is 12.0 Å². The van der Waals surface area contributed by atoms with E-state index in [-0.39, 0.29) is 5.91 Å². The molecule has 4 nitrogen and oxygen atoms in total. The van der Waals surface area contributed by atoms with Crippen molar-refractivity contribution in [2.45, 2.75) is 46.1 Å². The number of nitrogens with two attached hydrogens (primary N) is 1. The van der Waals surface area contributed by atoms with Gasteiger partial charge in [-0.1, -0.05) is 32.9 Å². The summed E-state index contributed by atoms with van der Waals surface area (Å²) in [6.07, 6.45) is 0.0325. The summed E-state index contributed by atoms with van der Waals surface area (Å²) in [5.41, 5.74) is 4.34. The average molecular weight is 250 g/mol. The van der Waals surface area contributed by atoms with Crippen molar-refractivity contribution in [1.29, 1.82) is 0 Å². The Labute approximate surface area is 108 Å². The lowest BCUT2D eigenvalue weighted by Crippen LogP contribution is -2.41. The lowest BCUT2D eigenvalue weighted by atomic mass is 10.0. The van der Waals surface area contributed by atoms with Gasteiger partial charge in [0.15, 0.2) is 6.10 Å². The molecule has 0 heterocycles. The van der Waals surface area contributed by atoms with Crippen molar-refractivity contribution in [2.24, 2.45) is 5.84 Å². The lowest BCUT2D eigenvalue weighted by molar-refractivity contribution is -0.128. The molecule has 1 amide bonds. The Morgan fingerprint density at radius 1 is 1.44 bits per heavy atom. The van der Waals surface area contributed by atoms with Crippen LogP contribution in [0.4, 0.5) is 0 Å². The van der Waals surface area contributed by atoms with Crippen molar-refractivity contribution in [3.8, 4) is 5.75 Å². The molecule has 18 heavy (non-hydrogen) atoms. The second-order valence-corrected chi connectivity index (χ2v) is 4.70. The van der Waals surface area contributed by atoms with Crippen molar-refractivity contribution in [2.75, 3.05) is 0 Å². The molecule has 0 fully saturated rings. The highest BCUT2D eigenvalue weighted by Crippen LogP contribution is 2.25. The Bertz CT molecular complexity index is 416. The van der Waals surface area contributed by atoms with Crippen LogP contribution in [-0.2, 0) is 4.79 Å². The fourth-order valence-corrected chi connectivity index (χ4v) is 1.67. The Hall–Kier alpha value is -1.55. The molecule has 3 N–H and O–H groups in total. The summed E-state index contributed by atoms with van der Waals surface area (Å²) >= 11 is 0. The van der Waals surface area contributed by atoms with Gasteiger partial charge in [0.1, 0.15) is 5.75 Å². The van der Waals surface area contributed by atoms with Crippen LogP contribution in [0, 0.1) is 6.92 Å². The monoisotopic (exact) mass is 250 g/mol. The summed E-state index contributed by atoms with van der Waals surface area (Å²) in [6.45, 7) is 8.10. The Morgan fingerprint density at radius 2 is 2.11 bits per heavy atom. The Balaban J connectivity index is 2.94.